The predicted molar refractivity (Wildman–Crippen MR) is 108 cm³/mol. The van der Waals surface area contributed by atoms with E-state index in [4.69, 9.17) is 5.73 Å². The first-order valence-corrected chi connectivity index (χ1v) is 9.76. The highest BCUT2D eigenvalue weighted by Crippen LogP contribution is 2.10. The van der Waals surface area contributed by atoms with Crippen molar-refractivity contribution in [3.8, 4) is 0 Å². The van der Waals surface area contributed by atoms with Gasteiger partial charge in [-0.05, 0) is 43.4 Å². The van der Waals surface area contributed by atoms with Crippen molar-refractivity contribution < 1.29 is 9.59 Å². The number of carbonyl (C=O) groups excluding carboxylic acids is 2. The summed E-state index contributed by atoms with van der Waals surface area (Å²) in [7, 11) is 0. The SMILES string of the molecule is CCC(N)(CC)CNC(=O)C(CCSC)NC(=O)c1ccccc1.Cl. The van der Waals surface area contributed by atoms with E-state index in [9.17, 15) is 9.59 Å². The second-order valence-electron chi connectivity index (χ2n) is 5.96. The van der Waals surface area contributed by atoms with Gasteiger partial charge in [0.15, 0.2) is 0 Å². The van der Waals surface area contributed by atoms with Crippen molar-refractivity contribution in [2.45, 2.75) is 44.7 Å². The van der Waals surface area contributed by atoms with Gasteiger partial charge >= 0.3 is 0 Å². The Kier molecular flexibility index (Phi) is 11.6. The van der Waals surface area contributed by atoms with Crippen LogP contribution in [0.5, 0.6) is 0 Å². The van der Waals surface area contributed by atoms with Crippen molar-refractivity contribution in [2.75, 3.05) is 18.6 Å². The average molecular weight is 388 g/mol. The highest BCUT2D eigenvalue weighted by molar-refractivity contribution is 7.98. The minimum absolute atomic E-state index is 0. The fourth-order valence-electron chi connectivity index (χ4n) is 2.22. The molecule has 2 amide bonds. The van der Waals surface area contributed by atoms with Crippen molar-refractivity contribution >= 4 is 36.0 Å². The van der Waals surface area contributed by atoms with E-state index in [1.807, 2.05) is 26.2 Å². The third-order valence-electron chi connectivity index (χ3n) is 4.29. The smallest absolute Gasteiger partial charge is 0.251 e. The molecule has 0 aromatic heterocycles. The van der Waals surface area contributed by atoms with Crippen LogP contribution in [0.25, 0.3) is 0 Å². The molecule has 1 rings (SSSR count). The molecule has 1 unspecified atom stereocenters. The molecule has 1 aromatic carbocycles. The van der Waals surface area contributed by atoms with Gasteiger partial charge in [-0.2, -0.15) is 11.8 Å². The molecule has 1 atom stereocenters. The molecule has 1 aromatic rings. The fourth-order valence-corrected chi connectivity index (χ4v) is 2.69. The van der Waals surface area contributed by atoms with Crippen molar-refractivity contribution in [3.63, 3.8) is 0 Å². The number of rotatable bonds is 10. The van der Waals surface area contributed by atoms with Crippen LogP contribution in [0.2, 0.25) is 0 Å². The quantitative estimate of drug-likeness (QED) is 0.576. The van der Waals surface area contributed by atoms with Gasteiger partial charge in [0.05, 0.1) is 0 Å². The largest absolute Gasteiger partial charge is 0.352 e. The summed E-state index contributed by atoms with van der Waals surface area (Å²) in [5.74, 6) is 0.384. The zero-order valence-electron chi connectivity index (χ0n) is 15.2. The topological polar surface area (TPSA) is 84.2 Å². The van der Waals surface area contributed by atoms with Gasteiger partial charge in [0.1, 0.15) is 6.04 Å². The zero-order valence-corrected chi connectivity index (χ0v) is 16.8. The van der Waals surface area contributed by atoms with E-state index in [2.05, 4.69) is 10.6 Å². The summed E-state index contributed by atoms with van der Waals surface area (Å²) in [6.07, 6.45) is 4.14. The Morgan fingerprint density at radius 1 is 1.20 bits per heavy atom. The third kappa shape index (κ3) is 8.12. The van der Waals surface area contributed by atoms with Gasteiger partial charge in [-0.3, -0.25) is 9.59 Å². The number of nitrogens with one attached hydrogen (secondary N) is 2. The molecular weight excluding hydrogens is 358 g/mol. The fraction of sp³-hybridized carbons (Fsp3) is 0.556. The van der Waals surface area contributed by atoms with Crippen LogP contribution < -0.4 is 16.4 Å². The van der Waals surface area contributed by atoms with Gasteiger partial charge in [-0.15, -0.1) is 12.4 Å². The third-order valence-corrected chi connectivity index (χ3v) is 4.94. The van der Waals surface area contributed by atoms with Crippen LogP contribution in [0.15, 0.2) is 30.3 Å². The predicted octanol–water partition coefficient (Wildman–Crippen LogP) is 2.59. The maximum absolute atomic E-state index is 12.5. The summed E-state index contributed by atoms with van der Waals surface area (Å²) >= 11 is 1.65. The lowest BCUT2D eigenvalue weighted by atomic mass is 9.94. The van der Waals surface area contributed by atoms with E-state index in [1.165, 1.54) is 0 Å². The van der Waals surface area contributed by atoms with E-state index < -0.39 is 11.6 Å². The lowest BCUT2D eigenvalue weighted by Gasteiger charge is -2.28. The van der Waals surface area contributed by atoms with E-state index >= 15 is 0 Å². The number of amides is 2. The molecule has 142 valence electrons. The number of carbonyl (C=O) groups is 2. The van der Waals surface area contributed by atoms with Crippen molar-refractivity contribution in [1.29, 1.82) is 0 Å². The van der Waals surface area contributed by atoms with Gasteiger partial charge in [0, 0.05) is 17.6 Å². The molecule has 0 saturated carbocycles. The molecule has 0 saturated heterocycles. The Morgan fingerprint density at radius 2 is 1.80 bits per heavy atom. The zero-order chi connectivity index (χ0) is 18.0. The van der Waals surface area contributed by atoms with Crippen molar-refractivity contribution in [2.24, 2.45) is 5.73 Å². The average Bonchev–Trinajstić information content (AvgIpc) is 2.63. The molecule has 0 radical (unpaired) electrons. The standard InChI is InChI=1S/C18H29N3O2S.ClH/c1-4-18(19,5-2)13-20-17(23)15(11-12-24-3)21-16(22)14-9-7-6-8-10-14;/h6-10,15H,4-5,11-13,19H2,1-3H3,(H,20,23)(H,21,22);1H. The maximum Gasteiger partial charge on any atom is 0.251 e. The van der Waals surface area contributed by atoms with Crippen molar-refractivity contribution in [3.05, 3.63) is 35.9 Å². The van der Waals surface area contributed by atoms with E-state index in [0.717, 1.165) is 18.6 Å². The molecule has 25 heavy (non-hydrogen) atoms. The molecule has 5 nitrogen and oxygen atoms in total. The van der Waals surface area contributed by atoms with Crippen LogP contribution >= 0.6 is 24.2 Å². The minimum Gasteiger partial charge on any atom is -0.352 e. The lowest BCUT2D eigenvalue weighted by Crippen LogP contribution is -2.54. The lowest BCUT2D eigenvalue weighted by molar-refractivity contribution is -0.123. The van der Waals surface area contributed by atoms with Crippen LogP contribution in [0.1, 0.15) is 43.5 Å². The van der Waals surface area contributed by atoms with Crippen molar-refractivity contribution in [1.82, 2.24) is 10.6 Å². The molecular formula is C18H30ClN3O2S. The van der Waals surface area contributed by atoms with Gasteiger partial charge in [0.25, 0.3) is 5.91 Å². The summed E-state index contributed by atoms with van der Waals surface area (Å²) < 4.78 is 0. The maximum atomic E-state index is 12.5. The summed E-state index contributed by atoms with van der Waals surface area (Å²) in [4.78, 5) is 24.8. The molecule has 0 heterocycles. The Balaban J connectivity index is 0.00000576. The number of thioether (sulfide) groups is 1. The highest BCUT2D eigenvalue weighted by atomic mass is 35.5. The molecule has 7 heteroatoms. The molecule has 4 N–H and O–H groups in total. The molecule has 0 aliphatic carbocycles. The number of benzene rings is 1. The van der Waals surface area contributed by atoms with Crippen LogP contribution in [-0.4, -0.2) is 41.9 Å². The Labute approximate surface area is 161 Å². The molecule has 0 aliphatic heterocycles. The normalized spacial score (nSPS) is 12.0. The van der Waals surface area contributed by atoms with Gasteiger partial charge in [0.2, 0.25) is 5.91 Å². The second kappa shape index (κ2) is 12.2. The van der Waals surface area contributed by atoms with E-state index in [1.54, 1.807) is 36.0 Å². The molecule has 0 spiro atoms. The van der Waals surface area contributed by atoms with Gasteiger partial charge in [-0.1, -0.05) is 32.0 Å². The minimum atomic E-state index is -0.553. The molecule has 0 aliphatic rings. The summed E-state index contributed by atoms with van der Waals surface area (Å²) in [6, 6.07) is 8.37. The van der Waals surface area contributed by atoms with Gasteiger partial charge in [-0.25, -0.2) is 0 Å². The first-order valence-electron chi connectivity index (χ1n) is 8.37. The summed E-state index contributed by atoms with van der Waals surface area (Å²) in [5.41, 5.74) is 6.38. The monoisotopic (exact) mass is 387 g/mol. The Hall–Kier alpha value is -1.24. The molecule has 0 bridgehead atoms. The number of halogens is 1. The van der Waals surface area contributed by atoms with Crippen LogP contribution in [-0.2, 0) is 4.79 Å². The number of hydrogen-bond acceptors (Lipinski definition) is 4. The van der Waals surface area contributed by atoms with Crippen LogP contribution in [0.4, 0.5) is 0 Å². The highest BCUT2D eigenvalue weighted by Gasteiger charge is 2.25. The van der Waals surface area contributed by atoms with E-state index in [-0.39, 0.29) is 24.2 Å². The second-order valence-corrected chi connectivity index (χ2v) is 6.95. The Bertz CT molecular complexity index is 524. The number of hydrogen-bond donors (Lipinski definition) is 3. The first-order chi connectivity index (χ1) is 11.5. The van der Waals surface area contributed by atoms with Gasteiger partial charge < -0.3 is 16.4 Å². The van der Waals surface area contributed by atoms with E-state index in [0.29, 0.717) is 18.5 Å². The molecule has 0 fully saturated rings. The summed E-state index contributed by atoms with van der Waals surface area (Å²) in [5, 5.41) is 5.74. The first kappa shape index (κ1) is 23.8. The van der Waals surface area contributed by atoms with Crippen LogP contribution in [0, 0.1) is 0 Å². The number of nitrogens with two attached hydrogens (primary N) is 1. The van der Waals surface area contributed by atoms with Crippen LogP contribution in [0.3, 0.4) is 0 Å². The summed E-state index contributed by atoms with van der Waals surface area (Å²) in [6.45, 7) is 4.44. The Morgan fingerprint density at radius 3 is 2.32 bits per heavy atom.